The summed E-state index contributed by atoms with van der Waals surface area (Å²) in [6.45, 7) is 0.182. The van der Waals surface area contributed by atoms with E-state index in [1.807, 2.05) is 0 Å². The number of nitrogens with one attached hydrogen (secondary N) is 1. The Morgan fingerprint density at radius 1 is 1.83 bits per heavy atom. The highest BCUT2D eigenvalue weighted by Crippen LogP contribution is 1.73. The minimum absolute atomic E-state index is 0.182. The van der Waals surface area contributed by atoms with Crippen LogP contribution in [0, 0.1) is 0 Å². The highest BCUT2D eigenvalue weighted by Gasteiger charge is 1.80. The number of rotatable bonds is 3. The van der Waals surface area contributed by atoms with E-state index >= 15 is 0 Å². The van der Waals surface area contributed by atoms with Crippen molar-refractivity contribution in [3.63, 3.8) is 0 Å². The van der Waals surface area contributed by atoms with Gasteiger partial charge in [-0.3, -0.25) is 0 Å². The first-order valence-corrected chi connectivity index (χ1v) is 2.36. The van der Waals surface area contributed by atoms with Crippen LogP contribution in [0.15, 0.2) is 0 Å². The Labute approximate surface area is 37.0 Å². The predicted molar refractivity (Wildman–Crippen MR) is 23.1 cm³/mol. The molecule has 0 aliphatic rings. The lowest BCUT2D eigenvalue weighted by Crippen LogP contribution is -2.00. The summed E-state index contributed by atoms with van der Waals surface area (Å²) in [6, 6.07) is 0. The third-order valence-electron chi connectivity index (χ3n) is 0.258. The first-order chi connectivity index (χ1) is 2.91. The third-order valence-corrected chi connectivity index (χ3v) is 0.606. The topological polar surface area (TPSA) is 46.2 Å². The van der Waals surface area contributed by atoms with Crippen LogP contribution in [-0.4, -0.2) is 12.8 Å². The highest BCUT2D eigenvalue weighted by atomic mass is 31.1. The maximum Gasteiger partial charge on any atom is 0.418 e. The molecule has 0 rings (SSSR count). The summed E-state index contributed by atoms with van der Waals surface area (Å²) in [5, 5.41) is 2.30. The van der Waals surface area contributed by atoms with Gasteiger partial charge in [-0.2, -0.15) is 0 Å². The Hall–Kier alpha value is -0.270. The maximum absolute atomic E-state index is 9.45. The standard InChI is InChI=1S/C2H4NO2P/c4-2-1-3-6-5/h2H,1H2,(H,3,5)/p+1. The van der Waals surface area contributed by atoms with Crippen molar-refractivity contribution in [2.45, 2.75) is 0 Å². The summed E-state index contributed by atoms with van der Waals surface area (Å²) < 4.78 is 9.45. The van der Waals surface area contributed by atoms with Crippen molar-refractivity contribution in [3.05, 3.63) is 0 Å². The molecule has 34 valence electrons. The Balaban J connectivity index is 2.66. The van der Waals surface area contributed by atoms with Gasteiger partial charge in [0, 0.05) is 0 Å². The lowest BCUT2D eigenvalue weighted by atomic mass is 10.8. The van der Waals surface area contributed by atoms with Gasteiger partial charge in [0.2, 0.25) is 0 Å². The van der Waals surface area contributed by atoms with Gasteiger partial charge in [-0.1, -0.05) is 4.57 Å². The van der Waals surface area contributed by atoms with Gasteiger partial charge >= 0.3 is 8.61 Å². The largest absolute Gasteiger partial charge is 0.418 e. The second-order valence-electron chi connectivity index (χ2n) is 0.650. The van der Waals surface area contributed by atoms with Crippen molar-refractivity contribution in [1.82, 2.24) is 5.09 Å². The van der Waals surface area contributed by atoms with Crippen LogP contribution in [0.1, 0.15) is 0 Å². The first-order valence-electron chi connectivity index (χ1n) is 1.45. The molecule has 0 aromatic heterocycles. The molecular weight excluding hydrogens is 101 g/mol. The van der Waals surface area contributed by atoms with E-state index in [4.69, 9.17) is 0 Å². The van der Waals surface area contributed by atoms with Crippen molar-refractivity contribution in [2.24, 2.45) is 0 Å². The zero-order valence-electron chi connectivity index (χ0n) is 3.10. The fourth-order valence-electron chi connectivity index (χ4n) is 0.0833. The Morgan fingerprint density at radius 3 is 2.67 bits per heavy atom. The van der Waals surface area contributed by atoms with Crippen LogP contribution in [0.2, 0.25) is 0 Å². The van der Waals surface area contributed by atoms with Gasteiger partial charge in [0.1, 0.15) is 6.29 Å². The minimum Gasteiger partial charge on any atom is -0.302 e. The Kier molecular flexibility index (Phi) is 4.52. The van der Waals surface area contributed by atoms with E-state index in [2.05, 4.69) is 5.09 Å². The van der Waals surface area contributed by atoms with E-state index in [1.54, 1.807) is 0 Å². The zero-order valence-corrected chi connectivity index (χ0v) is 4.10. The molecular formula is C2H5NO2P+. The van der Waals surface area contributed by atoms with Gasteiger partial charge in [0.25, 0.3) is 0 Å². The summed E-state index contributed by atoms with van der Waals surface area (Å²) in [4.78, 5) is 9.37. The van der Waals surface area contributed by atoms with Crippen molar-refractivity contribution < 1.29 is 9.36 Å². The molecule has 0 saturated heterocycles. The number of carbonyl (C=O) groups is 1. The normalized spacial score (nSPS) is 8.67. The molecule has 3 nitrogen and oxygen atoms in total. The van der Waals surface area contributed by atoms with Crippen molar-refractivity contribution in [3.8, 4) is 0 Å². The average molecular weight is 106 g/mol. The molecule has 1 N–H and O–H groups in total. The molecule has 0 aliphatic carbocycles. The second-order valence-corrected chi connectivity index (χ2v) is 1.21. The summed E-state index contributed by atoms with van der Waals surface area (Å²) in [6.07, 6.45) is 0.658. The monoisotopic (exact) mass is 106 g/mol. The smallest absolute Gasteiger partial charge is 0.302 e. The summed E-state index contributed by atoms with van der Waals surface area (Å²) in [5.41, 5.74) is 0. The molecule has 0 spiro atoms. The minimum atomic E-state index is -0.567. The maximum atomic E-state index is 9.45. The van der Waals surface area contributed by atoms with Gasteiger partial charge in [0.05, 0.1) is 6.54 Å². The van der Waals surface area contributed by atoms with E-state index in [9.17, 15) is 9.36 Å². The molecule has 4 heteroatoms. The van der Waals surface area contributed by atoms with Crippen LogP contribution in [-0.2, 0) is 9.36 Å². The van der Waals surface area contributed by atoms with Crippen LogP contribution < -0.4 is 5.09 Å². The number of hydrogen-bond donors (Lipinski definition) is 1. The lowest BCUT2D eigenvalue weighted by molar-refractivity contribution is -0.106. The molecule has 6 heavy (non-hydrogen) atoms. The zero-order chi connectivity index (χ0) is 4.83. The summed E-state index contributed by atoms with van der Waals surface area (Å²) >= 11 is 0. The number of carbonyl (C=O) groups excluding carboxylic acids is 1. The van der Waals surface area contributed by atoms with E-state index < -0.39 is 8.61 Å². The number of hydrogen-bond acceptors (Lipinski definition) is 2. The van der Waals surface area contributed by atoms with Crippen LogP contribution >= 0.6 is 8.61 Å². The van der Waals surface area contributed by atoms with E-state index in [1.165, 1.54) is 0 Å². The van der Waals surface area contributed by atoms with Gasteiger partial charge in [-0.25, -0.2) is 0 Å². The van der Waals surface area contributed by atoms with Gasteiger partial charge < -0.3 is 4.79 Å². The van der Waals surface area contributed by atoms with Crippen molar-refractivity contribution in [2.75, 3.05) is 6.54 Å². The summed E-state index contributed by atoms with van der Waals surface area (Å²) in [7, 11) is -0.567. The molecule has 0 aliphatic heterocycles. The van der Waals surface area contributed by atoms with Crippen LogP contribution in [0.5, 0.6) is 0 Å². The van der Waals surface area contributed by atoms with Crippen molar-refractivity contribution >= 4 is 14.9 Å². The van der Waals surface area contributed by atoms with Crippen LogP contribution in [0.3, 0.4) is 0 Å². The highest BCUT2D eigenvalue weighted by molar-refractivity contribution is 7.21. The molecule has 0 fully saturated rings. The molecule has 0 aromatic rings. The fraction of sp³-hybridized carbons (Fsp3) is 0.500. The van der Waals surface area contributed by atoms with Crippen molar-refractivity contribution in [1.29, 1.82) is 0 Å². The van der Waals surface area contributed by atoms with E-state index in [0.717, 1.165) is 0 Å². The lowest BCUT2D eigenvalue weighted by Gasteiger charge is -1.64. The SMILES string of the molecule is O=CCN[PH+]=O. The molecule has 0 amide bonds. The molecule has 0 bridgehead atoms. The molecule has 1 atom stereocenters. The quantitative estimate of drug-likeness (QED) is 0.305. The summed E-state index contributed by atoms with van der Waals surface area (Å²) in [5.74, 6) is 0. The molecule has 0 radical (unpaired) electrons. The molecule has 0 saturated carbocycles. The van der Waals surface area contributed by atoms with E-state index in [0.29, 0.717) is 6.29 Å². The first kappa shape index (κ1) is 5.73. The van der Waals surface area contributed by atoms with Gasteiger partial charge in [0.15, 0.2) is 0 Å². The molecule has 1 unspecified atom stereocenters. The number of aldehydes is 1. The molecule has 0 heterocycles. The molecule has 0 aromatic carbocycles. The van der Waals surface area contributed by atoms with Gasteiger partial charge in [-0.15, -0.1) is 5.09 Å². The predicted octanol–water partition coefficient (Wildman–Crippen LogP) is -0.286. The van der Waals surface area contributed by atoms with E-state index in [-0.39, 0.29) is 6.54 Å². The second kappa shape index (κ2) is 4.73. The van der Waals surface area contributed by atoms with Crippen LogP contribution in [0.25, 0.3) is 0 Å². The van der Waals surface area contributed by atoms with Crippen LogP contribution in [0.4, 0.5) is 0 Å². The third kappa shape index (κ3) is 3.73. The van der Waals surface area contributed by atoms with Gasteiger partial charge in [-0.05, 0) is 0 Å². The Morgan fingerprint density at radius 2 is 2.50 bits per heavy atom. The average Bonchev–Trinajstić information content (AvgIpc) is 1.61. The Bertz CT molecular complexity index is 47.5. The fourth-order valence-corrected chi connectivity index (χ4v) is 0.250.